The molecule has 3 nitrogen and oxygen atoms in total. The number of nitrogens with zero attached hydrogens (tertiary/aromatic N) is 2. The smallest absolute Gasteiger partial charge is 0.0960 e. The summed E-state index contributed by atoms with van der Waals surface area (Å²) >= 11 is 0. The normalized spacial score (nSPS) is 13.4. The molecule has 1 heterocycles. The van der Waals surface area contributed by atoms with E-state index in [1.807, 2.05) is 12.4 Å². The van der Waals surface area contributed by atoms with Crippen LogP contribution in [0.25, 0.3) is 11.0 Å². The molecule has 0 radical (unpaired) electrons. The van der Waals surface area contributed by atoms with E-state index in [4.69, 9.17) is 0 Å². The van der Waals surface area contributed by atoms with Gasteiger partial charge in [-0.2, -0.15) is 0 Å². The van der Waals surface area contributed by atoms with Gasteiger partial charge >= 0.3 is 0 Å². The summed E-state index contributed by atoms with van der Waals surface area (Å²) in [4.78, 5) is 4.43. The average molecular weight is 231 g/mol. The molecule has 0 amide bonds. The third kappa shape index (κ3) is 2.86. The average Bonchev–Trinajstić information content (AvgIpc) is 2.72. The highest BCUT2D eigenvalue weighted by Crippen LogP contribution is 2.18. The molecule has 17 heavy (non-hydrogen) atoms. The van der Waals surface area contributed by atoms with Gasteiger partial charge in [-0.25, -0.2) is 4.98 Å². The number of imidazole rings is 1. The van der Waals surface area contributed by atoms with Gasteiger partial charge in [0.15, 0.2) is 0 Å². The topological polar surface area (TPSA) is 29.9 Å². The molecule has 0 saturated carbocycles. The second-order valence-electron chi connectivity index (χ2n) is 4.89. The molecule has 1 atom stereocenters. The van der Waals surface area contributed by atoms with Crippen LogP contribution in [-0.4, -0.2) is 22.1 Å². The Morgan fingerprint density at radius 2 is 2.00 bits per heavy atom. The van der Waals surface area contributed by atoms with E-state index in [0.717, 1.165) is 18.5 Å². The molecule has 92 valence electrons. The van der Waals surface area contributed by atoms with E-state index in [1.165, 1.54) is 5.52 Å². The predicted molar refractivity (Wildman–Crippen MR) is 72.2 cm³/mol. The highest BCUT2D eigenvalue weighted by Gasteiger charge is 2.08. The Hall–Kier alpha value is -1.35. The van der Waals surface area contributed by atoms with Crippen molar-refractivity contribution in [3.8, 4) is 0 Å². The summed E-state index contributed by atoms with van der Waals surface area (Å²) in [5, 5.41) is 3.45. The molecule has 0 bridgehead atoms. The first kappa shape index (κ1) is 12.1. The molecule has 1 aromatic carbocycles. The minimum absolute atomic E-state index is 0.480. The van der Waals surface area contributed by atoms with Crippen LogP contribution in [0, 0.1) is 0 Å². The Morgan fingerprint density at radius 3 is 2.76 bits per heavy atom. The summed E-state index contributed by atoms with van der Waals surface area (Å²) < 4.78 is 2.26. The van der Waals surface area contributed by atoms with E-state index in [-0.39, 0.29) is 0 Å². The number of hydrogen-bond donors (Lipinski definition) is 1. The summed E-state index contributed by atoms with van der Waals surface area (Å²) in [5.74, 6) is 0. The molecule has 0 aliphatic carbocycles. The fourth-order valence-corrected chi connectivity index (χ4v) is 2.05. The number of rotatable bonds is 5. The maximum absolute atomic E-state index is 4.43. The van der Waals surface area contributed by atoms with Crippen molar-refractivity contribution in [3.63, 3.8) is 0 Å². The number of nitrogens with one attached hydrogen (secondary N) is 1. The van der Waals surface area contributed by atoms with Crippen LogP contribution in [0.15, 0.2) is 30.6 Å². The van der Waals surface area contributed by atoms with E-state index in [9.17, 15) is 0 Å². The molecule has 0 saturated heterocycles. The van der Waals surface area contributed by atoms with Gasteiger partial charge in [0.25, 0.3) is 0 Å². The number of aromatic nitrogens is 2. The lowest BCUT2D eigenvalue weighted by Crippen LogP contribution is -2.25. The summed E-state index contributed by atoms with van der Waals surface area (Å²) in [7, 11) is 0. The van der Waals surface area contributed by atoms with Gasteiger partial charge < -0.3 is 9.88 Å². The molecule has 1 unspecified atom stereocenters. The molecule has 2 aromatic rings. The zero-order valence-electron chi connectivity index (χ0n) is 10.9. The molecular weight excluding hydrogens is 210 g/mol. The van der Waals surface area contributed by atoms with Crippen LogP contribution in [0.5, 0.6) is 0 Å². The molecule has 0 fully saturated rings. The molecule has 3 heteroatoms. The van der Waals surface area contributed by atoms with Crippen molar-refractivity contribution < 1.29 is 0 Å². The van der Waals surface area contributed by atoms with Crippen molar-refractivity contribution in [2.75, 3.05) is 6.54 Å². The second-order valence-corrected chi connectivity index (χ2v) is 4.89. The summed E-state index contributed by atoms with van der Waals surface area (Å²) in [6, 6.07) is 9.33. The van der Waals surface area contributed by atoms with Gasteiger partial charge in [-0.15, -0.1) is 0 Å². The van der Waals surface area contributed by atoms with Crippen LogP contribution in [0.1, 0.15) is 33.2 Å². The second kappa shape index (κ2) is 5.32. The molecular formula is C14H21N3. The van der Waals surface area contributed by atoms with E-state index >= 15 is 0 Å². The van der Waals surface area contributed by atoms with Crippen LogP contribution in [-0.2, 0) is 0 Å². The summed E-state index contributed by atoms with van der Waals surface area (Å²) in [6.07, 6.45) is 3.07. The lowest BCUT2D eigenvalue weighted by atomic mass is 10.2. The van der Waals surface area contributed by atoms with Crippen LogP contribution < -0.4 is 5.32 Å². The first-order chi connectivity index (χ1) is 8.18. The van der Waals surface area contributed by atoms with Gasteiger partial charge in [0.05, 0.1) is 17.4 Å². The van der Waals surface area contributed by atoms with Crippen molar-refractivity contribution in [2.45, 2.75) is 39.3 Å². The fraction of sp³-hybridized carbons (Fsp3) is 0.500. The molecule has 0 spiro atoms. The molecule has 0 aliphatic heterocycles. The standard InChI is InChI=1S/C14H21N3/c1-11(2)15-9-8-12(3)17-10-16-13-6-4-5-7-14(13)17/h4-7,10-12,15H,8-9H2,1-3H3. The predicted octanol–water partition coefficient (Wildman–Crippen LogP) is 2.99. The van der Waals surface area contributed by atoms with Crippen molar-refractivity contribution in [1.29, 1.82) is 0 Å². The van der Waals surface area contributed by atoms with E-state index in [2.05, 4.69) is 53.8 Å². The van der Waals surface area contributed by atoms with Crippen LogP contribution in [0.3, 0.4) is 0 Å². The van der Waals surface area contributed by atoms with Crippen molar-refractivity contribution in [1.82, 2.24) is 14.9 Å². The van der Waals surface area contributed by atoms with Gasteiger partial charge in [0.1, 0.15) is 0 Å². The van der Waals surface area contributed by atoms with Gasteiger partial charge in [-0.05, 0) is 32.0 Å². The maximum atomic E-state index is 4.43. The third-order valence-electron chi connectivity index (χ3n) is 3.07. The Bertz CT molecular complexity index is 473. The Kier molecular flexibility index (Phi) is 3.79. The Balaban J connectivity index is 2.06. The minimum Gasteiger partial charge on any atom is -0.328 e. The summed E-state index contributed by atoms with van der Waals surface area (Å²) in [6.45, 7) is 7.65. The van der Waals surface area contributed by atoms with E-state index in [0.29, 0.717) is 12.1 Å². The van der Waals surface area contributed by atoms with Crippen molar-refractivity contribution in [3.05, 3.63) is 30.6 Å². The maximum Gasteiger partial charge on any atom is 0.0960 e. The number of fused-ring (bicyclic) bond motifs is 1. The highest BCUT2D eigenvalue weighted by atomic mass is 15.1. The lowest BCUT2D eigenvalue weighted by molar-refractivity contribution is 0.472. The largest absolute Gasteiger partial charge is 0.328 e. The monoisotopic (exact) mass is 231 g/mol. The minimum atomic E-state index is 0.480. The first-order valence-corrected chi connectivity index (χ1v) is 6.33. The zero-order valence-corrected chi connectivity index (χ0v) is 10.9. The molecule has 0 aliphatic rings. The van der Waals surface area contributed by atoms with Crippen LogP contribution >= 0.6 is 0 Å². The lowest BCUT2D eigenvalue weighted by Gasteiger charge is -2.16. The summed E-state index contributed by atoms with van der Waals surface area (Å²) in [5.41, 5.74) is 2.31. The van der Waals surface area contributed by atoms with Crippen molar-refractivity contribution >= 4 is 11.0 Å². The van der Waals surface area contributed by atoms with Gasteiger partial charge in [0, 0.05) is 12.1 Å². The number of para-hydroxylation sites is 2. The Morgan fingerprint density at radius 1 is 1.24 bits per heavy atom. The van der Waals surface area contributed by atoms with Crippen LogP contribution in [0.4, 0.5) is 0 Å². The van der Waals surface area contributed by atoms with E-state index < -0.39 is 0 Å². The number of hydrogen-bond acceptors (Lipinski definition) is 2. The van der Waals surface area contributed by atoms with Crippen molar-refractivity contribution in [2.24, 2.45) is 0 Å². The quantitative estimate of drug-likeness (QED) is 0.857. The molecule has 2 rings (SSSR count). The first-order valence-electron chi connectivity index (χ1n) is 6.33. The molecule has 1 aromatic heterocycles. The third-order valence-corrected chi connectivity index (χ3v) is 3.07. The molecule has 1 N–H and O–H groups in total. The zero-order chi connectivity index (χ0) is 12.3. The van der Waals surface area contributed by atoms with Crippen LogP contribution in [0.2, 0.25) is 0 Å². The SMILES string of the molecule is CC(C)NCCC(C)n1cnc2ccccc21. The Labute approximate surface area is 103 Å². The van der Waals surface area contributed by atoms with Gasteiger partial charge in [-0.3, -0.25) is 0 Å². The fourth-order valence-electron chi connectivity index (χ4n) is 2.05. The van der Waals surface area contributed by atoms with Gasteiger partial charge in [0.2, 0.25) is 0 Å². The van der Waals surface area contributed by atoms with E-state index in [1.54, 1.807) is 0 Å². The number of benzene rings is 1. The van der Waals surface area contributed by atoms with Gasteiger partial charge in [-0.1, -0.05) is 26.0 Å². The highest BCUT2D eigenvalue weighted by molar-refractivity contribution is 5.75.